The van der Waals surface area contributed by atoms with E-state index in [1.165, 1.54) is 405 Å². The van der Waals surface area contributed by atoms with Gasteiger partial charge in [-0.3, -0.25) is 9.59 Å². The Morgan fingerprint density at radius 1 is 0.303 bits per heavy atom. The molecule has 0 spiro atoms. The fourth-order valence-electron chi connectivity index (χ4n) is 13.2. The number of aliphatic hydroxyl groups is 2. The molecule has 0 saturated heterocycles. The lowest BCUT2D eigenvalue weighted by Gasteiger charge is -2.20. The number of hydrogen-bond acceptors (Lipinski definition) is 5. The van der Waals surface area contributed by atoms with Crippen molar-refractivity contribution in [3.63, 3.8) is 0 Å². The van der Waals surface area contributed by atoms with Crippen molar-refractivity contribution in [3.05, 3.63) is 24.3 Å². The van der Waals surface area contributed by atoms with Crippen molar-refractivity contribution in [2.24, 2.45) is 0 Å². The largest absolute Gasteiger partial charge is 0.466 e. The molecule has 0 saturated carbocycles. The number of ether oxygens (including phenoxy) is 1. The number of rotatable bonds is 78. The highest BCUT2D eigenvalue weighted by molar-refractivity contribution is 5.76. The van der Waals surface area contributed by atoms with Crippen LogP contribution in [-0.4, -0.2) is 47.4 Å². The van der Waals surface area contributed by atoms with E-state index in [1.54, 1.807) is 6.08 Å². The third kappa shape index (κ3) is 75.3. The molecule has 0 heterocycles. The van der Waals surface area contributed by atoms with Crippen molar-refractivity contribution in [2.45, 2.75) is 482 Å². The Hall–Kier alpha value is -1.66. The molecule has 0 bridgehead atoms. The van der Waals surface area contributed by atoms with Gasteiger partial charge in [-0.2, -0.15) is 0 Å². The van der Waals surface area contributed by atoms with Crippen LogP contribution in [0.25, 0.3) is 0 Å². The number of aliphatic hydroxyl groups excluding tert-OH is 2. The van der Waals surface area contributed by atoms with Crippen molar-refractivity contribution in [3.8, 4) is 0 Å². The number of unbranched alkanes of at least 4 members (excludes halogenated alkanes) is 65. The number of allylic oxidation sites excluding steroid dienone is 3. The fraction of sp³-hybridized carbons (Fsp3) is 0.928. The molecule has 0 aromatic carbocycles. The monoisotopic (exact) mass is 1250 g/mol. The molecule has 0 aliphatic carbocycles. The highest BCUT2D eigenvalue weighted by Gasteiger charge is 2.18. The topological polar surface area (TPSA) is 95.9 Å². The van der Waals surface area contributed by atoms with Crippen LogP contribution in [0.1, 0.15) is 470 Å². The maximum atomic E-state index is 12.6. The van der Waals surface area contributed by atoms with Gasteiger partial charge in [0.05, 0.1) is 25.4 Å². The zero-order valence-corrected chi connectivity index (χ0v) is 60.7. The third-order valence-electron chi connectivity index (χ3n) is 19.5. The zero-order chi connectivity index (χ0) is 64.2. The summed E-state index contributed by atoms with van der Waals surface area (Å²) in [6, 6.07) is -0.626. The Kier molecular flexibility index (Phi) is 77.3. The third-order valence-corrected chi connectivity index (χ3v) is 19.5. The highest BCUT2D eigenvalue weighted by Crippen LogP contribution is 2.20. The summed E-state index contributed by atoms with van der Waals surface area (Å²) in [6.45, 7) is 4.96. The lowest BCUT2D eigenvalue weighted by Crippen LogP contribution is -2.45. The lowest BCUT2D eigenvalue weighted by molar-refractivity contribution is -0.143. The average Bonchev–Trinajstić information content (AvgIpc) is 3.68. The molecule has 0 aromatic heterocycles. The zero-order valence-electron chi connectivity index (χ0n) is 60.7. The van der Waals surface area contributed by atoms with E-state index in [1.807, 2.05) is 6.08 Å². The molecule has 3 N–H and O–H groups in total. The average molecular weight is 1250 g/mol. The minimum atomic E-state index is -0.843. The number of hydrogen-bond donors (Lipinski definition) is 3. The van der Waals surface area contributed by atoms with Gasteiger partial charge in [-0.05, 0) is 57.8 Å². The molecule has 2 atom stereocenters. The maximum Gasteiger partial charge on any atom is 0.305 e. The van der Waals surface area contributed by atoms with Crippen molar-refractivity contribution in [1.29, 1.82) is 0 Å². The molecule has 6 nitrogen and oxygen atoms in total. The van der Waals surface area contributed by atoms with Crippen LogP contribution in [0.2, 0.25) is 0 Å². The number of carbonyl (C=O) groups is 2. The molecule has 6 heteroatoms. The van der Waals surface area contributed by atoms with Crippen molar-refractivity contribution < 1.29 is 24.5 Å². The van der Waals surface area contributed by atoms with Crippen LogP contribution < -0.4 is 5.32 Å². The van der Waals surface area contributed by atoms with E-state index >= 15 is 0 Å². The van der Waals surface area contributed by atoms with Crippen molar-refractivity contribution in [2.75, 3.05) is 13.2 Å². The van der Waals surface area contributed by atoms with Crippen LogP contribution in [0.5, 0.6) is 0 Å². The van der Waals surface area contributed by atoms with Crippen LogP contribution >= 0.6 is 0 Å². The van der Waals surface area contributed by atoms with Crippen LogP contribution in [0.4, 0.5) is 0 Å². The molecule has 0 fully saturated rings. The SMILES string of the molecule is CCCCCCCCCCCCCCCCCCCCCCC/C=C/C(O)C(CO)NC(=O)CCCCCCCCCCCCCCCCCCC/C=C\CCCCCCCCCCCCCCCCCCOC(=O)CCCCCCCCCCCCCC. The molecular weight excluding hydrogens is 1090 g/mol. The molecule has 0 aliphatic heterocycles. The minimum absolute atomic E-state index is 0.0229. The van der Waals surface area contributed by atoms with Gasteiger partial charge in [-0.1, -0.05) is 423 Å². The number of nitrogens with one attached hydrogen (secondary N) is 1. The van der Waals surface area contributed by atoms with Gasteiger partial charge in [0, 0.05) is 12.8 Å². The van der Waals surface area contributed by atoms with E-state index in [-0.39, 0.29) is 18.5 Å². The normalized spacial score (nSPS) is 12.5. The van der Waals surface area contributed by atoms with E-state index in [0.717, 1.165) is 38.5 Å². The summed E-state index contributed by atoms with van der Waals surface area (Å²) >= 11 is 0. The maximum absolute atomic E-state index is 12.6. The van der Waals surface area contributed by atoms with Crippen LogP contribution in [0.3, 0.4) is 0 Å². The van der Waals surface area contributed by atoms with Crippen LogP contribution in [0, 0.1) is 0 Å². The number of carbonyl (C=O) groups excluding carboxylic acids is 2. The predicted molar refractivity (Wildman–Crippen MR) is 393 cm³/mol. The van der Waals surface area contributed by atoms with Crippen LogP contribution in [-0.2, 0) is 14.3 Å². The van der Waals surface area contributed by atoms with Gasteiger partial charge in [0.2, 0.25) is 5.91 Å². The summed E-state index contributed by atoms with van der Waals surface area (Å²) in [6.07, 6.45) is 102. The van der Waals surface area contributed by atoms with Crippen molar-refractivity contribution in [1.82, 2.24) is 5.32 Å². The van der Waals surface area contributed by atoms with E-state index < -0.39 is 12.1 Å². The van der Waals surface area contributed by atoms with Gasteiger partial charge >= 0.3 is 5.97 Å². The second-order valence-corrected chi connectivity index (χ2v) is 28.5. The first-order chi connectivity index (χ1) is 44.0. The lowest BCUT2D eigenvalue weighted by atomic mass is 10.0. The van der Waals surface area contributed by atoms with Gasteiger partial charge in [0.1, 0.15) is 0 Å². The molecule has 89 heavy (non-hydrogen) atoms. The predicted octanol–water partition coefficient (Wildman–Crippen LogP) is 27.2. The summed E-state index contributed by atoms with van der Waals surface area (Å²) < 4.78 is 5.49. The quantitative estimate of drug-likeness (QED) is 0.0320. The molecule has 0 radical (unpaired) electrons. The fourth-order valence-corrected chi connectivity index (χ4v) is 13.2. The molecule has 0 rings (SSSR count). The number of amides is 1. The molecule has 1 amide bonds. The molecule has 2 unspecified atom stereocenters. The first-order valence-corrected chi connectivity index (χ1v) is 41.1. The first kappa shape index (κ1) is 87.3. The van der Waals surface area contributed by atoms with Crippen molar-refractivity contribution >= 4 is 11.9 Å². The summed E-state index contributed by atoms with van der Waals surface area (Å²) in [4.78, 5) is 24.6. The summed E-state index contributed by atoms with van der Waals surface area (Å²) in [5, 5.41) is 23.3. The van der Waals surface area contributed by atoms with Gasteiger partial charge in [0.15, 0.2) is 0 Å². The second-order valence-electron chi connectivity index (χ2n) is 28.5. The Balaban J connectivity index is 3.36. The first-order valence-electron chi connectivity index (χ1n) is 41.1. The Labute approximate surface area is 558 Å². The Morgan fingerprint density at radius 2 is 0.528 bits per heavy atom. The van der Waals surface area contributed by atoms with E-state index in [9.17, 15) is 19.8 Å². The van der Waals surface area contributed by atoms with E-state index in [0.29, 0.717) is 19.4 Å². The van der Waals surface area contributed by atoms with E-state index in [4.69, 9.17) is 4.74 Å². The van der Waals surface area contributed by atoms with Gasteiger partial charge in [-0.15, -0.1) is 0 Å². The van der Waals surface area contributed by atoms with Gasteiger partial charge in [-0.25, -0.2) is 0 Å². The standard InChI is InChI=1S/C83H161NO5/c1-3-5-7-9-11-13-15-17-18-19-20-21-37-40-43-46-49-52-55-59-63-67-71-75-81(86)80(79-85)84-82(87)76-72-68-64-60-56-53-50-47-44-41-38-35-33-31-29-27-25-23-22-24-26-28-30-32-34-36-39-42-45-48-51-54-58-62-66-70-74-78-89-83(88)77-73-69-65-61-57-16-14-12-10-8-6-4-2/h22,24,71,75,80-81,85-86H,3-21,23,25-70,72-74,76-79H2,1-2H3,(H,84,87)/b24-22-,75-71+. The second kappa shape index (κ2) is 78.8. The molecule has 528 valence electrons. The van der Waals surface area contributed by atoms with Gasteiger partial charge < -0.3 is 20.3 Å². The summed E-state index contributed by atoms with van der Waals surface area (Å²) in [7, 11) is 0. The highest BCUT2D eigenvalue weighted by atomic mass is 16.5. The molecule has 0 aromatic rings. The Morgan fingerprint density at radius 3 is 0.798 bits per heavy atom. The molecule has 0 aliphatic rings. The smallest absolute Gasteiger partial charge is 0.305 e. The summed E-state index contributed by atoms with van der Waals surface area (Å²) in [5.41, 5.74) is 0. The number of esters is 1. The van der Waals surface area contributed by atoms with E-state index in [2.05, 4.69) is 31.3 Å². The minimum Gasteiger partial charge on any atom is -0.466 e. The van der Waals surface area contributed by atoms with Gasteiger partial charge in [0.25, 0.3) is 0 Å². The Bertz CT molecular complexity index is 1400. The van der Waals surface area contributed by atoms with Crippen LogP contribution in [0.15, 0.2) is 24.3 Å². The summed E-state index contributed by atoms with van der Waals surface area (Å²) in [5.74, 6) is -0.0357. The molecular formula is C83H161NO5.